The van der Waals surface area contributed by atoms with E-state index in [1.54, 1.807) is 12.4 Å². The number of aryl methyl sites for hydroxylation is 1. The Bertz CT molecular complexity index is 936. The van der Waals surface area contributed by atoms with Crippen molar-refractivity contribution in [2.45, 2.75) is 13.8 Å². The van der Waals surface area contributed by atoms with Gasteiger partial charge in [0.05, 0.1) is 0 Å². The Kier molecular flexibility index (Phi) is 5.89. The van der Waals surface area contributed by atoms with Crippen molar-refractivity contribution in [1.82, 2.24) is 9.97 Å². The smallest absolute Gasteiger partial charge is 0.0273 e. The molecule has 0 aliphatic rings. The second-order valence-corrected chi connectivity index (χ2v) is 6.21. The number of nitrogens with zero attached hydrogens (tertiary/aromatic N) is 2. The van der Waals surface area contributed by atoms with Crippen molar-refractivity contribution in [3.05, 3.63) is 108 Å². The zero-order valence-electron chi connectivity index (χ0n) is 15.1. The van der Waals surface area contributed by atoms with E-state index in [0.717, 1.165) is 5.56 Å². The maximum atomic E-state index is 4.11. The lowest BCUT2D eigenvalue weighted by atomic mass is 9.98. The van der Waals surface area contributed by atoms with Gasteiger partial charge in [0.1, 0.15) is 0 Å². The first-order valence-electron chi connectivity index (χ1n) is 8.66. The summed E-state index contributed by atoms with van der Waals surface area (Å²) in [6.07, 6.45) is 17.8. The van der Waals surface area contributed by atoms with Gasteiger partial charge in [-0.3, -0.25) is 9.97 Å². The molecule has 2 aromatic heterocycles. The van der Waals surface area contributed by atoms with Gasteiger partial charge in [0.15, 0.2) is 0 Å². The minimum absolute atomic E-state index is 1.15. The van der Waals surface area contributed by atoms with Crippen molar-refractivity contribution in [3.63, 3.8) is 0 Å². The molecule has 1 aromatic carbocycles. The van der Waals surface area contributed by atoms with Gasteiger partial charge >= 0.3 is 0 Å². The highest BCUT2D eigenvalue weighted by atomic mass is 14.6. The second-order valence-electron chi connectivity index (χ2n) is 6.21. The van der Waals surface area contributed by atoms with Crippen LogP contribution in [0.15, 0.2) is 91.1 Å². The molecule has 0 aliphatic carbocycles. The molecule has 3 rings (SSSR count). The highest BCUT2D eigenvalue weighted by Gasteiger charge is 2.02. The topological polar surface area (TPSA) is 25.8 Å². The Morgan fingerprint density at radius 1 is 0.846 bits per heavy atom. The second kappa shape index (κ2) is 8.72. The molecule has 0 fully saturated rings. The summed E-state index contributed by atoms with van der Waals surface area (Å²) in [4.78, 5) is 8.15. The van der Waals surface area contributed by atoms with Crippen LogP contribution in [0.3, 0.4) is 0 Å². The molecule has 0 amide bonds. The molecular formula is C24H22N2. The quantitative estimate of drug-likeness (QED) is 0.523. The lowest BCUT2D eigenvalue weighted by molar-refractivity contribution is 1.32. The van der Waals surface area contributed by atoms with E-state index >= 15 is 0 Å². The maximum absolute atomic E-state index is 4.11. The zero-order chi connectivity index (χ0) is 18.2. The summed E-state index contributed by atoms with van der Waals surface area (Å²) >= 11 is 0. The van der Waals surface area contributed by atoms with Crippen molar-refractivity contribution >= 4 is 12.2 Å². The molecule has 2 heterocycles. The molecule has 0 spiro atoms. The highest BCUT2D eigenvalue weighted by Crippen LogP contribution is 2.25. The highest BCUT2D eigenvalue weighted by molar-refractivity contribution is 5.76. The lowest BCUT2D eigenvalue weighted by Crippen LogP contribution is -1.85. The van der Waals surface area contributed by atoms with Gasteiger partial charge in [-0.15, -0.1) is 0 Å². The molecule has 128 valence electrons. The van der Waals surface area contributed by atoms with E-state index in [9.17, 15) is 0 Å². The van der Waals surface area contributed by atoms with Crippen LogP contribution in [0.1, 0.15) is 23.6 Å². The number of hydrogen-bond donors (Lipinski definition) is 0. The van der Waals surface area contributed by atoms with Gasteiger partial charge < -0.3 is 0 Å². The van der Waals surface area contributed by atoms with E-state index in [1.807, 2.05) is 36.7 Å². The molecule has 2 nitrogen and oxygen atoms in total. The first-order chi connectivity index (χ1) is 12.7. The van der Waals surface area contributed by atoms with E-state index in [1.165, 1.54) is 27.8 Å². The van der Waals surface area contributed by atoms with Gasteiger partial charge in [0.2, 0.25) is 0 Å². The molecule has 0 aliphatic heterocycles. The van der Waals surface area contributed by atoms with Crippen LogP contribution in [-0.4, -0.2) is 9.97 Å². The van der Waals surface area contributed by atoms with Crippen LogP contribution in [0, 0.1) is 6.92 Å². The largest absolute Gasteiger partial charge is 0.265 e. The van der Waals surface area contributed by atoms with Crippen molar-refractivity contribution in [2.24, 2.45) is 0 Å². The summed E-state index contributed by atoms with van der Waals surface area (Å²) in [5.74, 6) is 0. The number of pyridine rings is 2. The van der Waals surface area contributed by atoms with Gasteiger partial charge in [-0.2, -0.15) is 0 Å². The number of benzene rings is 1. The molecule has 0 radical (unpaired) electrons. The van der Waals surface area contributed by atoms with Gasteiger partial charge in [-0.05, 0) is 60.4 Å². The first-order valence-corrected chi connectivity index (χ1v) is 8.66. The molecule has 26 heavy (non-hydrogen) atoms. The number of rotatable bonds is 5. The Balaban J connectivity index is 1.79. The Morgan fingerprint density at radius 2 is 1.54 bits per heavy atom. The Morgan fingerprint density at radius 3 is 2.27 bits per heavy atom. The van der Waals surface area contributed by atoms with E-state index in [2.05, 4.69) is 72.4 Å². The number of aromatic nitrogens is 2. The first kappa shape index (κ1) is 17.6. The lowest BCUT2D eigenvalue weighted by Gasteiger charge is -2.07. The fourth-order valence-electron chi connectivity index (χ4n) is 2.66. The Labute approximate surface area is 155 Å². The molecule has 0 saturated heterocycles. The van der Waals surface area contributed by atoms with Gasteiger partial charge in [-0.1, -0.05) is 59.7 Å². The van der Waals surface area contributed by atoms with Gasteiger partial charge in [0, 0.05) is 24.8 Å². The third-order valence-electron chi connectivity index (χ3n) is 4.08. The van der Waals surface area contributed by atoms with E-state index < -0.39 is 0 Å². The standard InChI is InChI=1S/C24H22N2/c1-19(6-8-21-10-14-25-15-11-21)4-3-5-22-9-7-20(2)18-24(22)23-12-16-26-17-13-23/h3-18H,1-2H3. The number of allylic oxidation sites excluding steroid dienone is 4. The summed E-state index contributed by atoms with van der Waals surface area (Å²) < 4.78 is 0. The molecule has 0 atom stereocenters. The monoisotopic (exact) mass is 338 g/mol. The normalized spacial score (nSPS) is 12.2. The van der Waals surface area contributed by atoms with Crippen LogP contribution >= 0.6 is 0 Å². The SMILES string of the molecule is CC(C=Cc1ccncc1)=CC=Cc1ccc(C)cc1-c1ccncc1. The molecule has 2 heteroatoms. The zero-order valence-corrected chi connectivity index (χ0v) is 15.1. The summed E-state index contributed by atoms with van der Waals surface area (Å²) in [5, 5.41) is 0. The summed E-state index contributed by atoms with van der Waals surface area (Å²) in [7, 11) is 0. The fourth-order valence-corrected chi connectivity index (χ4v) is 2.66. The average Bonchev–Trinajstić information content (AvgIpc) is 2.69. The van der Waals surface area contributed by atoms with E-state index in [4.69, 9.17) is 0 Å². The summed E-state index contributed by atoms with van der Waals surface area (Å²) in [5.41, 5.74) is 7.19. The van der Waals surface area contributed by atoms with E-state index in [-0.39, 0.29) is 0 Å². The van der Waals surface area contributed by atoms with Crippen molar-refractivity contribution in [3.8, 4) is 11.1 Å². The molecular weight excluding hydrogens is 316 g/mol. The molecule has 0 saturated carbocycles. The van der Waals surface area contributed by atoms with Crippen LogP contribution in [0.2, 0.25) is 0 Å². The fraction of sp³-hybridized carbons (Fsp3) is 0.0833. The molecule has 0 unspecified atom stereocenters. The number of hydrogen-bond acceptors (Lipinski definition) is 2. The Hall–Kier alpha value is -3.26. The summed E-state index contributed by atoms with van der Waals surface area (Å²) in [6, 6.07) is 14.6. The van der Waals surface area contributed by atoms with Crippen LogP contribution in [0.4, 0.5) is 0 Å². The van der Waals surface area contributed by atoms with Crippen molar-refractivity contribution in [2.75, 3.05) is 0 Å². The minimum atomic E-state index is 1.15. The minimum Gasteiger partial charge on any atom is -0.265 e. The average molecular weight is 338 g/mol. The molecule has 0 N–H and O–H groups in total. The van der Waals surface area contributed by atoms with Crippen LogP contribution in [0.5, 0.6) is 0 Å². The van der Waals surface area contributed by atoms with Crippen LogP contribution in [0.25, 0.3) is 23.3 Å². The maximum Gasteiger partial charge on any atom is 0.0273 e. The van der Waals surface area contributed by atoms with Gasteiger partial charge in [0.25, 0.3) is 0 Å². The molecule has 0 bridgehead atoms. The van der Waals surface area contributed by atoms with Crippen LogP contribution < -0.4 is 0 Å². The predicted octanol–water partition coefficient (Wildman–Crippen LogP) is 6.12. The summed E-state index contributed by atoms with van der Waals surface area (Å²) in [6.45, 7) is 4.22. The predicted molar refractivity (Wildman–Crippen MR) is 110 cm³/mol. The van der Waals surface area contributed by atoms with Gasteiger partial charge in [-0.25, -0.2) is 0 Å². The third-order valence-corrected chi connectivity index (χ3v) is 4.08. The third kappa shape index (κ3) is 4.87. The molecule has 3 aromatic rings. The van der Waals surface area contributed by atoms with E-state index in [0.29, 0.717) is 0 Å². The van der Waals surface area contributed by atoms with Crippen LogP contribution in [-0.2, 0) is 0 Å². The van der Waals surface area contributed by atoms with Crippen molar-refractivity contribution < 1.29 is 0 Å². The van der Waals surface area contributed by atoms with Crippen molar-refractivity contribution in [1.29, 1.82) is 0 Å².